The standard InChI is InChI=1S/C19H16N4O3/c24-19(22-9-13-2-1-5-20-8-13)14-6-16(11-21-10-14)23-15-3-4-17-18(7-15)26-12-25-17/h1-8,10-11,23H,9,12H2,(H,22,24). The molecule has 3 aromatic rings. The lowest BCUT2D eigenvalue weighted by Crippen LogP contribution is -2.23. The second-order valence-electron chi connectivity index (χ2n) is 5.70. The van der Waals surface area contributed by atoms with Crippen molar-refractivity contribution < 1.29 is 14.3 Å². The van der Waals surface area contributed by atoms with Crippen LogP contribution in [-0.4, -0.2) is 22.7 Å². The van der Waals surface area contributed by atoms with Gasteiger partial charge in [-0.15, -0.1) is 0 Å². The van der Waals surface area contributed by atoms with Crippen LogP contribution < -0.4 is 20.1 Å². The van der Waals surface area contributed by atoms with E-state index in [9.17, 15) is 4.79 Å². The minimum Gasteiger partial charge on any atom is -0.454 e. The predicted octanol–water partition coefficient (Wildman–Crippen LogP) is 2.88. The van der Waals surface area contributed by atoms with Crippen LogP contribution in [0.5, 0.6) is 11.5 Å². The van der Waals surface area contributed by atoms with Crippen molar-refractivity contribution in [2.45, 2.75) is 6.54 Å². The van der Waals surface area contributed by atoms with E-state index < -0.39 is 0 Å². The molecule has 0 fully saturated rings. The largest absolute Gasteiger partial charge is 0.454 e. The van der Waals surface area contributed by atoms with Crippen molar-refractivity contribution in [2.75, 3.05) is 12.1 Å². The van der Waals surface area contributed by atoms with Crippen LogP contribution in [0, 0.1) is 0 Å². The third kappa shape index (κ3) is 3.56. The van der Waals surface area contributed by atoms with Crippen molar-refractivity contribution in [3.05, 3.63) is 72.3 Å². The van der Waals surface area contributed by atoms with Crippen molar-refractivity contribution >= 4 is 17.3 Å². The third-order valence-electron chi connectivity index (χ3n) is 3.84. The minimum atomic E-state index is -0.198. The van der Waals surface area contributed by atoms with Crippen LogP contribution in [0.3, 0.4) is 0 Å². The Balaban J connectivity index is 1.43. The molecule has 0 radical (unpaired) electrons. The number of pyridine rings is 2. The Kier molecular flexibility index (Phi) is 4.34. The Morgan fingerprint density at radius 2 is 1.92 bits per heavy atom. The maximum Gasteiger partial charge on any atom is 0.253 e. The number of benzene rings is 1. The van der Waals surface area contributed by atoms with E-state index >= 15 is 0 Å². The molecule has 2 aromatic heterocycles. The topological polar surface area (TPSA) is 85.4 Å². The number of aromatic nitrogens is 2. The van der Waals surface area contributed by atoms with Gasteiger partial charge in [-0.25, -0.2) is 0 Å². The molecule has 1 aromatic carbocycles. The van der Waals surface area contributed by atoms with Crippen LogP contribution in [0.4, 0.5) is 11.4 Å². The number of ether oxygens (including phenoxy) is 2. The molecule has 1 aliphatic rings. The lowest BCUT2D eigenvalue weighted by molar-refractivity contribution is 0.0950. The number of nitrogens with zero attached hydrogens (tertiary/aromatic N) is 2. The van der Waals surface area contributed by atoms with Gasteiger partial charge in [-0.2, -0.15) is 0 Å². The normalized spacial score (nSPS) is 11.8. The summed E-state index contributed by atoms with van der Waals surface area (Å²) in [6.45, 7) is 0.638. The zero-order valence-electron chi connectivity index (χ0n) is 13.8. The van der Waals surface area contributed by atoms with Crippen molar-refractivity contribution in [2.24, 2.45) is 0 Å². The summed E-state index contributed by atoms with van der Waals surface area (Å²) in [7, 11) is 0. The van der Waals surface area contributed by atoms with E-state index in [1.165, 1.54) is 6.20 Å². The molecule has 1 aliphatic heterocycles. The number of rotatable bonds is 5. The van der Waals surface area contributed by atoms with Gasteiger partial charge < -0.3 is 20.1 Å². The first-order valence-electron chi connectivity index (χ1n) is 8.07. The fourth-order valence-corrected chi connectivity index (χ4v) is 2.56. The molecular formula is C19H16N4O3. The van der Waals surface area contributed by atoms with Gasteiger partial charge in [0.05, 0.1) is 17.4 Å². The fourth-order valence-electron chi connectivity index (χ4n) is 2.56. The molecule has 26 heavy (non-hydrogen) atoms. The zero-order chi connectivity index (χ0) is 17.8. The molecule has 4 rings (SSSR count). The number of fused-ring (bicyclic) bond motifs is 1. The monoisotopic (exact) mass is 348 g/mol. The average Bonchev–Trinajstić information content (AvgIpc) is 3.15. The molecule has 7 nitrogen and oxygen atoms in total. The van der Waals surface area contributed by atoms with Crippen LogP contribution in [-0.2, 0) is 6.54 Å². The van der Waals surface area contributed by atoms with E-state index in [2.05, 4.69) is 20.6 Å². The van der Waals surface area contributed by atoms with Gasteiger partial charge in [0, 0.05) is 36.9 Å². The third-order valence-corrected chi connectivity index (χ3v) is 3.84. The molecule has 0 bridgehead atoms. The number of hydrogen-bond acceptors (Lipinski definition) is 6. The Morgan fingerprint density at radius 1 is 1.00 bits per heavy atom. The molecule has 130 valence electrons. The van der Waals surface area contributed by atoms with Gasteiger partial charge in [0.1, 0.15) is 0 Å². The summed E-state index contributed by atoms with van der Waals surface area (Å²) < 4.78 is 10.7. The summed E-state index contributed by atoms with van der Waals surface area (Å²) in [6, 6.07) is 11.0. The molecular weight excluding hydrogens is 332 g/mol. The Morgan fingerprint density at radius 3 is 2.81 bits per heavy atom. The zero-order valence-corrected chi connectivity index (χ0v) is 13.8. The highest BCUT2D eigenvalue weighted by Gasteiger charge is 2.13. The van der Waals surface area contributed by atoms with Crippen LogP contribution in [0.1, 0.15) is 15.9 Å². The van der Waals surface area contributed by atoms with E-state index in [4.69, 9.17) is 9.47 Å². The van der Waals surface area contributed by atoms with Crippen molar-refractivity contribution in [1.29, 1.82) is 0 Å². The van der Waals surface area contributed by atoms with Gasteiger partial charge in [-0.1, -0.05) is 6.07 Å². The Hall–Kier alpha value is -3.61. The van der Waals surface area contributed by atoms with Gasteiger partial charge in [0.15, 0.2) is 11.5 Å². The van der Waals surface area contributed by atoms with Gasteiger partial charge >= 0.3 is 0 Å². The van der Waals surface area contributed by atoms with Gasteiger partial charge in [-0.3, -0.25) is 14.8 Å². The second-order valence-corrected chi connectivity index (χ2v) is 5.70. The SMILES string of the molecule is O=C(NCc1cccnc1)c1cncc(Nc2ccc3c(c2)OCO3)c1. The number of amides is 1. The number of nitrogens with one attached hydrogen (secondary N) is 2. The van der Waals surface area contributed by atoms with Crippen molar-refractivity contribution in [3.63, 3.8) is 0 Å². The van der Waals surface area contributed by atoms with Gasteiger partial charge in [0.2, 0.25) is 6.79 Å². The predicted molar refractivity (Wildman–Crippen MR) is 95.5 cm³/mol. The first-order valence-corrected chi connectivity index (χ1v) is 8.07. The number of anilines is 2. The highest BCUT2D eigenvalue weighted by atomic mass is 16.7. The lowest BCUT2D eigenvalue weighted by atomic mass is 10.2. The molecule has 3 heterocycles. The first-order chi connectivity index (χ1) is 12.8. The molecule has 0 aliphatic carbocycles. The van der Waals surface area contributed by atoms with E-state index in [1.807, 2.05) is 30.3 Å². The maximum atomic E-state index is 12.3. The molecule has 2 N–H and O–H groups in total. The van der Waals surface area contributed by atoms with Gasteiger partial charge in [-0.05, 0) is 29.8 Å². The molecule has 0 atom stereocenters. The second kappa shape index (κ2) is 7.10. The fraction of sp³-hybridized carbons (Fsp3) is 0.105. The van der Waals surface area contributed by atoms with Crippen LogP contribution in [0.2, 0.25) is 0 Å². The van der Waals surface area contributed by atoms with E-state index in [-0.39, 0.29) is 12.7 Å². The summed E-state index contributed by atoms with van der Waals surface area (Å²) in [5.74, 6) is 1.21. The minimum absolute atomic E-state index is 0.198. The molecule has 0 saturated carbocycles. The van der Waals surface area contributed by atoms with Gasteiger partial charge in [0.25, 0.3) is 5.91 Å². The van der Waals surface area contributed by atoms with E-state index in [1.54, 1.807) is 24.7 Å². The summed E-state index contributed by atoms with van der Waals surface area (Å²) in [4.78, 5) is 20.5. The maximum absolute atomic E-state index is 12.3. The average molecular weight is 348 g/mol. The number of hydrogen-bond donors (Lipinski definition) is 2. The summed E-state index contributed by atoms with van der Waals surface area (Å²) in [6.07, 6.45) is 6.60. The molecule has 0 unspecified atom stereocenters. The summed E-state index contributed by atoms with van der Waals surface area (Å²) in [5.41, 5.74) is 2.94. The number of carbonyl (C=O) groups is 1. The molecule has 7 heteroatoms. The van der Waals surface area contributed by atoms with Crippen LogP contribution >= 0.6 is 0 Å². The molecule has 0 saturated heterocycles. The van der Waals surface area contributed by atoms with Crippen LogP contribution in [0.15, 0.2) is 61.2 Å². The lowest BCUT2D eigenvalue weighted by Gasteiger charge is -2.09. The molecule has 0 spiro atoms. The van der Waals surface area contributed by atoms with Crippen molar-refractivity contribution in [1.82, 2.24) is 15.3 Å². The molecule has 1 amide bonds. The summed E-state index contributed by atoms with van der Waals surface area (Å²) >= 11 is 0. The van der Waals surface area contributed by atoms with E-state index in [0.717, 1.165) is 17.0 Å². The smallest absolute Gasteiger partial charge is 0.253 e. The van der Waals surface area contributed by atoms with Crippen molar-refractivity contribution in [3.8, 4) is 11.5 Å². The Labute approximate surface area is 150 Å². The highest BCUT2D eigenvalue weighted by molar-refractivity contribution is 5.94. The summed E-state index contributed by atoms with van der Waals surface area (Å²) in [5, 5.41) is 6.07. The van der Waals surface area contributed by atoms with E-state index in [0.29, 0.717) is 23.5 Å². The number of carbonyl (C=O) groups excluding carboxylic acids is 1. The first kappa shape index (κ1) is 15.9. The Bertz CT molecular complexity index is 931. The quantitative estimate of drug-likeness (QED) is 0.737. The highest BCUT2D eigenvalue weighted by Crippen LogP contribution is 2.35. The van der Waals surface area contributed by atoms with Crippen LogP contribution in [0.25, 0.3) is 0 Å².